The van der Waals surface area contributed by atoms with Crippen LogP contribution in [0.5, 0.6) is 5.75 Å². The highest BCUT2D eigenvalue weighted by Gasteiger charge is 2.38. The van der Waals surface area contributed by atoms with Crippen LogP contribution < -0.4 is 10.1 Å². The average molecular weight is 375 g/mol. The van der Waals surface area contributed by atoms with Crippen LogP contribution in [-0.4, -0.2) is 47.8 Å². The van der Waals surface area contributed by atoms with E-state index in [2.05, 4.69) is 43.4 Å². The van der Waals surface area contributed by atoms with Gasteiger partial charge in [0.1, 0.15) is 11.4 Å². The van der Waals surface area contributed by atoms with Gasteiger partial charge in [-0.1, -0.05) is 6.42 Å². The van der Waals surface area contributed by atoms with Crippen molar-refractivity contribution in [2.75, 3.05) is 13.3 Å². The van der Waals surface area contributed by atoms with Gasteiger partial charge in [-0.05, 0) is 65.0 Å². The number of rotatable bonds is 3. The number of fused-ring (bicyclic) bond motifs is 3. The molecule has 5 heteroatoms. The van der Waals surface area contributed by atoms with E-state index < -0.39 is 0 Å². The summed E-state index contributed by atoms with van der Waals surface area (Å²) in [6.07, 6.45) is 8.89. The number of ether oxygens (including phenoxy) is 1. The summed E-state index contributed by atoms with van der Waals surface area (Å²) in [6.45, 7) is 4.18. The number of carbonyl (C=O) groups is 1. The van der Waals surface area contributed by atoms with E-state index in [1.54, 1.807) is 11.8 Å². The molecule has 142 valence electrons. The van der Waals surface area contributed by atoms with Gasteiger partial charge in [0.05, 0.1) is 5.56 Å². The van der Waals surface area contributed by atoms with Crippen molar-refractivity contribution in [3.63, 3.8) is 0 Å². The van der Waals surface area contributed by atoms with E-state index in [0.29, 0.717) is 17.6 Å². The Balaban J connectivity index is 1.55. The fourth-order valence-corrected chi connectivity index (χ4v) is 5.46. The molecule has 1 amide bonds. The summed E-state index contributed by atoms with van der Waals surface area (Å²) in [4.78, 5) is 16.8. The molecule has 26 heavy (non-hydrogen) atoms. The van der Waals surface area contributed by atoms with Crippen molar-refractivity contribution in [3.05, 3.63) is 23.3 Å². The van der Waals surface area contributed by atoms with Crippen molar-refractivity contribution in [3.8, 4) is 5.75 Å². The van der Waals surface area contributed by atoms with Gasteiger partial charge in [-0.2, -0.15) is 0 Å². The van der Waals surface area contributed by atoms with Crippen molar-refractivity contribution in [1.82, 2.24) is 10.2 Å². The number of piperidine rings is 2. The van der Waals surface area contributed by atoms with Crippen LogP contribution in [0.2, 0.25) is 0 Å². The Morgan fingerprint density at radius 1 is 1.27 bits per heavy atom. The molecule has 3 aliphatic rings. The molecule has 0 saturated carbocycles. The first-order valence-corrected chi connectivity index (χ1v) is 11.0. The molecule has 2 bridgehead atoms. The number of hydrogen-bond donors (Lipinski definition) is 1. The molecule has 0 radical (unpaired) electrons. The number of benzene rings is 1. The van der Waals surface area contributed by atoms with Crippen LogP contribution in [0.3, 0.4) is 0 Å². The smallest absolute Gasteiger partial charge is 0.255 e. The largest absolute Gasteiger partial charge is 0.486 e. The number of hydrogen-bond acceptors (Lipinski definition) is 4. The fourth-order valence-electron chi connectivity index (χ4n) is 4.97. The van der Waals surface area contributed by atoms with Crippen molar-refractivity contribution < 1.29 is 9.53 Å². The minimum atomic E-state index is -0.237. The normalized spacial score (nSPS) is 29.8. The highest BCUT2D eigenvalue weighted by atomic mass is 32.2. The van der Waals surface area contributed by atoms with Gasteiger partial charge in [-0.3, -0.25) is 4.79 Å². The Labute approximate surface area is 161 Å². The predicted octanol–water partition coefficient (Wildman–Crippen LogP) is 3.87. The zero-order valence-corrected chi connectivity index (χ0v) is 17.1. The third-order valence-corrected chi connectivity index (χ3v) is 7.00. The molecule has 0 spiro atoms. The second-order valence-corrected chi connectivity index (χ2v) is 9.63. The molecule has 0 aromatic heterocycles. The van der Waals surface area contributed by atoms with Gasteiger partial charge in [0, 0.05) is 35.0 Å². The number of nitrogens with one attached hydrogen (secondary N) is 1. The summed E-state index contributed by atoms with van der Waals surface area (Å²) in [5.41, 5.74) is 1.63. The maximum absolute atomic E-state index is 13.1. The van der Waals surface area contributed by atoms with Crippen molar-refractivity contribution >= 4 is 17.7 Å². The zero-order chi connectivity index (χ0) is 18.5. The molecule has 2 atom stereocenters. The predicted molar refractivity (Wildman–Crippen MR) is 106 cm³/mol. The van der Waals surface area contributed by atoms with Crippen LogP contribution in [0.25, 0.3) is 0 Å². The number of amides is 1. The first-order valence-electron chi connectivity index (χ1n) is 9.79. The summed E-state index contributed by atoms with van der Waals surface area (Å²) in [5.74, 6) is 0.820. The lowest BCUT2D eigenvalue weighted by atomic mass is 9.82. The lowest BCUT2D eigenvalue weighted by molar-refractivity contribution is 0.0461. The van der Waals surface area contributed by atoms with Crippen molar-refractivity contribution in [2.45, 2.75) is 81.0 Å². The number of nitrogens with zero attached hydrogens (tertiary/aromatic N) is 1. The van der Waals surface area contributed by atoms with Crippen molar-refractivity contribution in [2.24, 2.45) is 0 Å². The van der Waals surface area contributed by atoms with Gasteiger partial charge < -0.3 is 15.0 Å². The molecule has 3 heterocycles. The molecular weight excluding hydrogens is 344 g/mol. The lowest BCUT2D eigenvalue weighted by Crippen LogP contribution is -2.55. The fraction of sp³-hybridized carbons (Fsp3) is 0.667. The van der Waals surface area contributed by atoms with E-state index in [1.807, 2.05) is 6.07 Å². The molecule has 2 unspecified atom stereocenters. The minimum Gasteiger partial charge on any atom is -0.486 e. The summed E-state index contributed by atoms with van der Waals surface area (Å²) >= 11 is 1.68. The topological polar surface area (TPSA) is 41.6 Å². The summed E-state index contributed by atoms with van der Waals surface area (Å²) < 4.78 is 6.15. The summed E-state index contributed by atoms with van der Waals surface area (Å²) in [7, 11) is 2.25. The van der Waals surface area contributed by atoms with E-state index in [4.69, 9.17) is 4.74 Å². The molecule has 1 N–H and O–H groups in total. The molecular formula is C21H30N2O2S. The van der Waals surface area contributed by atoms with Gasteiger partial charge in [-0.25, -0.2) is 0 Å². The maximum atomic E-state index is 13.1. The van der Waals surface area contributed by atoms with E-state index in [-0.39, 0.29) is 17.6 Å². The molecule has 2 fully saturated rings. The Morgan fingerprint density at radius 3 is 2.62 bits per heavy atom. The molecule has 1 aromatic carbocycles. The molecule has 1 aromatic rings. The number of carbonyl (C=O) groups excluding carboxylic acids is 1. The van der Waals surface area contributed by atoms with Gasteiger partial charge in [0.15, 0.2) is 0 Å². The van der Waals surface area contributed by atoms with Crippen LogP contribution in [-0.2, 0) is 6.42 Å². The quantitative estimate of drug-likeness (QED) is 0.816. The van der Waals surface area contributed by atoms with E-state index in [0.717, 1.165) is 35.5 Å². The summed E-state index contributed by atoms with van der Waals surface area (Å²) in [6, 6.07) is 5.68. The highest BCUT2D eigenvalue weighted by Crippen LogP contribution is 2.40. The summed E-state index contributed by atoms with van der Waals surface area (Å²) in [5, 5.41) is 3.34. The van der Waals surface area contributed by atoms with Gasteiger partial charge in [0.2, 0.25) is 0 Å². The SMILES string of the molecule is CSc1cc2c(c(C(=O)NC3CC4CCCC(C3)N4C)c1)OC(C)(C)C2. The molecule has 4 nitrogen and oxygen atoms in total. The Kier molecular flexibility index (Phi) is 4.72. The molecule has 4 rings (SSSR count). The van der Waals surface area contributed by atoms with Crippen LogP contribution in [0, 0.1) is 0 Å². The Bertz CT molecular complexity index is 704. The second kappa shape index (κ2) is 6.75. The van der Waals surface area contributed by atoms with Gasteiger partial charge in [0.25, 0.3) is 5.91 Å². The first-order chi connectivity index (χ1) is 12.4. The highest BCUT2D eigenvalue weighted by molar-refractivity contribution is 7.98. The van der Waals surface area contributed by atoms with Crippen LogP contribution in [0.1, 0.15) is 61.9 Å². The van der Waals surface area contributed by atoms with E-state index >= 15 is 0 Å². The third-order valence-electron chi connectivity index (χ3n) is 6.29. The average Bonchev–Trinajstić information content (AvgIpc) is 2.88. The number of thioether (sulfide) groups is 1. The minimum absolute atomic E-state index is 0.0301. The van der Waals surface area contributed by atoms with E-state index in [9.17, 15) is 4.79 Å². The standard InChI is InChI=1S/C21H30N2O2S/c1-21(2)12-13-8-17(26-4)11-18(19(13)25-21)20(24)22-14-9-15-6-5-7-16(10-14)23(15)3/h8,11,14-16H,5-7,9-10,12H2,1-4H3,(H,22,24). The second-order valence-electron chi connectivity index (χ2n) is 8.75. The van der Waals surface area contributed by atoms with Gasteiger partial charge >= 0.3 is 0 Å². The van der Waals surface area contributed by atoms with Crippen LogP contribution in [0.15, 0.2) is 17.0 Å². The van der Waals surface area contributed by atoms with Crippen molar-refractivity contribution in [1.29, 1.82) is 0 Å². The monoisotopic (exact) mass is 374 g/mol. The van der Waals surface area contributed by atoms with Gasteiger partial charge in [-0.15, -0.1) is 11.8 Å². The van der Waals surface area contributed by atoms with Crippen LogP contribution in [0.4, 0.5) is 0 Å². The molecule has 0 aliphatic carbocycles. The Hall–Kier alpha value is -1.20. The Morgan fingerprint density at radius 2 is 1.96 bits per heavy atom. The molecule has 2 saturated heterocycles. The first kappa shape index (κ1) is 18.2. The maximum Gasteiger partial charge on any atom is 0.255 e. The third kappa shape index (κ3) is 3.36. The lowest BCUT2D eigenvalue weighted by Gasteiger charge is -2.47. The zero-order valence-electron chi connectivity index (χ0n) is 16.3. The van der Waals surface area contributed by atoms with E-state index in [1.165, 1.54) is 19.3 Å². The molecule has 3 aliphatic heterocycles. The van der Waals surface area contributed by atoms with Crippen LogP contribution >= 0.6 is 11.8 Å².